The number of halogens is 1. The van der Waals surface area contributed by atoms with Gasteiger partial charge in [-0.2, -0.15) is 4.31 Å². The third-order valence-corrected chi connectivity index (χ3v) is 5.46. The maximum atomic E-state index is 12.4. The first-order chi connectivity index (χ1) is 8.73. The fourth-order valence-corrected chi connectivity index (χ4v) is 4.00. The molecule has 19 heavy (non-hydrogen) atoms. The monoisotopic (exact) mass is 306 g/mol. The van der Waals surface area contributed by atoms with Crippen LogP contribution in [0, 0.1) is 6.92 Å². The Morgan fingerprint density at radius 3 is 2.37 bits per heavy atom. The zero-order valence-corrected chi connectivity index (χ0v) is 11.8. The Balaban J connectivity index is 2.43. The van der Waals surface area contributed by atoms with E-state index in [-0.39, 0.29) is 23.0 Å². The molecule has 0 aliphatic carbocycles. The lowest BCUT2D eigenvalue weighted by molar-refractivity contribution is 0.0572. The third kappa shape index (κ3) is 2.56. The summed E-state index contributed by atoms with van der Waals surface area (Å²) in [6.07, 6.45) is -2.17. The minimum atomic E-state index is -3.87. The summed E-state index contributed by atoms with van der Waals surface area (Å²) in [5.74, 6) is 0. The van der Waals surface area contributed by atoms with Gasteiger partial charge in [0.2, 0.25) is 10.0 Å². The lowest BCUT2D eigenvalue weighted by atomic mass is 10.2. The van der Waals surface area contributed by atoms with Crippen molar-refractivity contribution < 1.29 is 18.6 Å². The van der Waals surface area contributed by atoms with E-state index in [1.165, 1.54) is 12.1 Å². The van der Waals surface area contributed by atoms with E-state index >= 15 is 0 Å². The molecule has 1 aliphatic rings. The van der Waals surface area contributed by atoms with Gasteiger partial charge in [-0.1, -0.05) is 11.6 Å². The second-order valence-electron chi connectivity index (χ2n) is 4.60. The first-order valence-electron chi connectivity index (χ1n) is 5.65. The van der Waals surface area contributed by atoms with Gasteiger partial charge in [-0.3, -0.25) is 0 Å². The summed E-state index contributed by atoms with van der Waals surface area (Å²) < 4.78 is 25.7. The lowest BCUT2D eigenvalue weighted by Crippen LogP contribution is -2.30. The molecule has 6 nitrogen and oxygen atoms in total. The molecule has 106 valence electrons. The predicted molar refractivity (Wildman–Crippen MR) is 71.4 cm³/mol. The third-order valence-electron chi connectivity index (χ3n) is 3.16. The van der Waals surface area contributed by atoms with E-state index in [4.69, 9.17) is 17.3 Å². The van der Waals surface area contributed by atoms with Gasteiger partial charge >= 0.3 is 0 Å². The van der Waals surface area contributed by atoms with Gasteiger partial charge in [-0.25, -0.2) is 8.42 Å². The van der Waals surface area contributed by atoms with Crippen molar-refractivity contribution in [1.82, 2.24) is 4.31 Å². The standard InChI is InChI=1S/C11H15ClN2O4S/c1-6-2-7(12)11(3-8(6)13)19(17,18)14-4-9(15)10(16)5-14/h2-3,9-10,15-16H,4-5,13H2,1H3. The van der Waals surface area contributed by atoms with Crippen LogP contribution in [0.15, 0.2) is 17.0 Å². The molecule has 4 N–H and O–H groups in total. The molecule has 0 aromatic heterocycles. The molecule has 1 aromatic rings. The Hall–Kier alpha value is -0.860. The van der Waals surface area contributed by atoms with Crippen LogP contribution in [0.1, 0.15) is 5.56 Å². The largest absolute Gasteiger partial charge is 0.398 e. The summed E-state index contributed by atoms with van der Waals surface area (Å²) in [5, 5.41) is 18.9. The highest BCUT2D eigenvalue weighted by Crippen LogP contribution is 2.30. The second-order valence-corrected chi connectivity index (χ2v) is 6.91. The van der Waals surface area contributed by atoms with Gasteiger partial charge < -0.3 is 15.9 Å². The molecule has 0 amide bonds. The van der Waals surface area contributed by atoms with Crippen molar-refractivity contribution in [2.45, 2.75) is 24.0 Å². The van der Waals surface area contributed by atoms with Crippen molar-refractivity contribution in [3.63, 3.8) is 0 Å². The predicted octanol–water partition coefficient (Wildman–Crippen LogP) is -0.0433. The number of nitrogens with two attached hydrogens (primary N) is 1. The van der Waals surface area contributed by atoms with E-state index in [9.17, 15) is 18.6 Å². The fraction of sp³-hybridized carbons (Fsp3) is 0.455. The smallest absolute Gasteiger partial charge is 0.244 e. The number of nitrogen functional groups attached to an aromatic ring is 1. The molecule has 1 heterocycles. The van der Waals surface area contributed by atoms with Crippen molar-refractivity contribution in [2.24, 2.45) is 0 Å². The van der Waals surface area contributed by atoms with E-state index in [0.29, 0.717) is 11.3 Å². The number of rotatable bonds is 2. The van der Waals surface area contributed by atoms with E-state index in [1.54, 1.807) is 6.92 Å². The Labute approximate surface area is 116 Å². The highest BCUT2D eigenvalue weighted by Gasteiger charge is 2.38. The normalized spacial score (nSPS) is 24.8. The van der Waals surface area contributed by atoms with E-state index in [2.05, 4.69) is 0 Å². The highest BCUT2D eigenvalue weighted by molar-refractivity contribution is 7.89. The first-order valence-corrected chi connectivity index (χ1v) is 7.47. The summed E-state index contributed by atoms with van der Waals surface area (Å²) in [6, 6.07) is 2.77. The minimum absolute atomic E-state index is 0.0718. The number of aliphatic hydroxyl groups is 2. The number of hydrogen-bond donors (Lipinski definition) is 3. The molecule has 2 atom stereocenters. The Kier molecular flexibility index (Phi) is 3.76. The van der Waals surface area contributed by atoms with Crippen molar-refractivity contribution in [2.75, 3.05) is 18.8 Å². The van der Waals surface area contributed by atoms with Crippen LogP contribution in [0.4, 0.5) is 5.69 Å². The van der Waals surface area contributed by atoms with Gasteiger partial charge in [-0.15, -0.1) is 0 Å². The average Bonchev–Trinajstić information content (AvgIpc) is 2.65. The molecule has 0 bridgehead atoms. The summed E-state index contributed by atoms with van der Waals surface area (Å²) in [7, 11) is -3.87. The molecule has 1 aliphatic heterocycles. The number of β-amino-alcohol motifs (C(OH)–C–C–N with tert-alkyl or cyclic N) is 2. The molecule has 2 rings (SSSR count). The molecule has 2 unspecified atom stereocenters. The van der Waals surface area contributed by atoms with Gasteiger partial charge in [0.25, 0.3) is 0 Å². The number of nitrogens with zero attached hydrogens (tertiary/aromatic N) is 1. The van der Waals surface area contributed by atoms with E-state index in [1.807, 2.05) is 0 Å². The number of sulfonamides is 1. The van der Waals surface area contributed by atoms with Crippen molar-refractivity contribution in [3.05, 3.63) is 22.7 Å². The molecule has 0 saturated carbocycles. The zero-order chi connectivity index (χ0) is 14.4. The van der Waals surface area contributed by atoms with Crippen LogP contribution >= 0.6 is 11.6 Å². The summed E-state index contributed by atoms with van der Waals surface area (Å²) in [6.45, 7) is 1.40. The molecule has 1 fully saturated rings. The number of anilines is 1. The quantitative estimate of drug-likeness (QED) is 0.665. The maximum absolute atomic E-state index is 12.4. The van der Waals surface area contributed by atoms with Crippen LogP contribution in [0.3, 0.4) is 0 Å². The zero-order valence-electron chi connectivity index (χ0n) is 10.2. The van der Waals surface area contributed by atoms with Gasteiger partial charge in [-0.05, 0) is 24.6 Å². The van der Waals surface area contributed by atoms with Crippen molar-refractivity contribution in [1.29, 1.82) is 0 Å². The molecule has 0 spiro atoms. The maximum Gasteiger partial charge on any atom is 0.244 e. The summed E-state index contributed by atoms with van der Waals surface area (Å²) in [4.78, 5) is -0.112. The highest BCUT2D eigenvalue weighted by atomic mass is 35.5. The van der Waals surface area contributed by atoms with Crippen LogP contribution in [0.5, 0.6) is 0 Å². The van der Waals surface area contributed by atoms with Crippen molar-refractivity contribution in [3.8, 4) is 0 Å². The fourth-order valence-electron chi connectivity index (χ4n) is 1.94. The van der Waals surface area contributed by atoms with Gasteiger partial charge in [0.15, 0.2) is 0 Å². The van der Waals surface area contributed by atoms with Gasteiger partial charge in [0, 0.05) is 18.8 Å². The van der Waals surface area contributed by atoms with Gasteiger partial charge in [0.1, 0.15) is 4.90 Å². The number of hydrogen-bond acceptors (Lipinski definition) is 5. The molecule has 0 radical (unpaired) electrons. The van der Waals surface area contributed by atoms with Crippen LogP contribution in [-0.2, 0) is 10.0 Å². The first kappa shape index (κ1) is 14.5. The van der Waals surface area contributed by atoms with Crippen LogP contribution in [0.2, 0.25) is 5.02 Å². The number of aryl methyl sites for hydroxylation is 1. The molecular weight excluding hydrogens is 292 g/mol. The Morgan fingerprint density at radius 1 is 1.32 bits per heavy atom. The van der Waals surface area contributed by atoms with E-state index < -0.39 is 22.2 Å². The van der Waals surface area contributed by atoms with Gasteiger partial charge in [0.05, 0.1) is 17.2 Å². The van der Waals surface area contributed by atoms with Crippen LogP contribution in [-0.4, -0.2) is 48.2 Å². The van der Waals surface area contributed by atoms with Crippen LogP contribution < -0.4 is 5.73 Å². The SMILES string of the molecule is Cc1cc(Cl)c(S(=O)(=O)N2CC(O)C(O)C2)cc1N. The molecule has 8 heteroatoms. The minimum Gasteiger partial charge on any atom is -0.398 e. The molecule has 1 aromatic carbocycles. The molecule has 1 saturated heterocycles. The Bertz CT molecular complexity index is 595. The summed E-state index contributed by atoms with van der Waals surface area (Å²) >= 11 is 5.95. The van der Waals surface area contributed by atoms with E-state index in [0.717, 1.165) is 4.31 Å². The molecular formula is C11H15ClN2O4S. The average molecular weight is 307 g/mol. The van der Waals surface area contributed by atoms with Crippen molar-refractivity contribution >= 4 is 27.3 Å². The van der Waals surface area contributed by atoms with Crippen LogP contribution in [0.25, 0.3) is 0 Å². The summed E-state index contributed by atoms with van der Waals surface area (Å²) in [5.41, 5.74) is 6.71. The number of benzene rings is 1. The number of aliphatic hydroxyl groups excluding tert-OH is 2. The topological polar surface area (TPSA) is 104 Å². The lowest BCUT2D eigenvalue weighted by Gasteiger charge is -2.17. The second kappa shape index (κ2) is 4.92. The Morgan fingerprint density at radius 2 is 1.84 bits per heavy atom.